The van der Waals surface area contributed by atoms with E-state index >= 15 is 0 Å². The molecule has 0 aliphatic carbocycles. The number of guanidine groups is 1. The summed E-state index contributed by atoms with van der Waals surface area (Å²) in [6.45, 7) is 0. The van der Waals surface area contributed by atoms with Gasteiger partial charge in [-0.15, -0.1) is 0 Å². The van der Waals surface area contributed by atoms with Crippen LogP contribution in [0.1, 0.15) is 5.56 Å². The zero-order valence-electron chi connectivity index (χ0n) is 6.20. The second kappa shape index (κ2) is 3.42. The molecule has 0 aliphatic rings. The van der Waals surface area contributed by atoms with Crippen LogP contribution < -0.4 is 11.1 Å². The zero-order valence-corrected chi connectivity index (χ0v) is 6.20. The highest BCUT2D eigenvalue weighted by atomic mass is 15.1. The van der Waals surface area contributed by atoms with Gasteiger partial charge in [-0.1, -0.05) is 0 Å². The van der Waals surface area contributed by atoms with E-state index < -0.39 is 0 Å². The average Bonchev–Trinajstić information content (AvgIpc) is 2.05. The number of nitrogens with one attached hydrogen (secondary N) is 3. The molecular weight excluding hydrogens is 156 g/mol. The molecule has 6 heteroatoms. The quantitative estimate of drug-likeness (QED) is 0.324. The minimum absolute atomic E-state index is 0.0168. The van der Waals surface area contributed by atoms with Crippen LogP contribution in [0.2, 0.25) is 0 Å². The fraction of sp³-hybridized carbons (Fsp3) is 0. The lowest BCUT2D eigenvalue weighted by Gasteiger charge is -2.03. The third-order valence-corrected chi connectivity index (χ3v) is 1.11. The maximum atomic E-state index is 7.35. The van der Waals surface area contributed by atoms with E-state index in [-0.39, 0.29) is 11.8 Å². The van der Waals surface area contributed by atoms with Crippen molar-refractivity contribution in [3.63, 3.8) is 0 Å². The number of hydrogen-bond donors (Lipinski definition) is 4. The average molecular weight is 164 g/mol. The van der Waals surface area contributed by atoms with Gasteiger partial charge in [0.1, 0.15) is 12.2 Å². The summed E-state index contributed by atoms with van der Waals surface area (Å²) in [6.07, 6.45) is 4.29. The molecule has 12 heavy (non-hydrogen) atoms. The van der Waals surface area contributed by atoms with Crippen molar-refractivity contribution in [1.82, 2.24) is 15.3 Å². The van der Waals surface area contributed by atoms with Gasteiger partial charge in [0.05, 0.1) is 5.56 Å². The summed E-state index contributed by atoms with van der Waals surface area (Å²) in [5, 5.41) is 16.5. The third-order valence-electron chi connectivity index (χ3n) is 1.11. The largest absolute Gasteiger partial charge is 0.370 e. The number of hydrogen-bond acceptors (Lipinski definition) is 4. The Morgan fingerprint density at radius 3 is 2.42 bits per heavy atom. The van der Waals surface area contributed by atoms with Crippen molar-refractivity contribution < 1.29 is 0 Å². The van der Waals surface area contributed by atoms with Crippen molar-refractivity contribution in [1.29, 1.82) is 10.8 Å². The monoisotopic (exact) mass is 164 g/mol. The van der Waals surface area contributed by atoms with Crippen molar-refractivity contribution in [2.45, 2.75) is 0 Å². The Morgan fingerprint density at radius 1 is 1.33 bits per heavy atom. The summed E-state index contributed by atoms with van der Waals surface area (Å²) in [4.78, 5) is 7.42. The van der Waals surface area contributed by atoms with Crippen LogP contribution in [0.25, 0.3) is 0 Å². The Bertz CT molecular complexity index is 292. The van der Waals surface area contributed by atoms with E-state index in [0.717, 1.165) is 0 Å². The van der Waals surface area contributed by atoms with E-state index in [1.165, 1.54) is 18.7 Å². The Kier molecular flexibility index (Phi) is 2.32. The molecule has 1 rings (SSSR count). The molecule has 1 heterocycles. The molecule has 62 valence electrons. The standard InChI is InChI=1S/C6H8N6/c7-5(12-6(8)9)4-1-10-3-11-2-4/h1-3H,(H5,7,8,9,12). The lowest BCUT2D eigenvalue weighted by molar-refractivity contribution is 1.13. The smallest absolute Gasteiger partial charge is 0.191 e. The van der Waals surface area contributed by atoms with Gasteiger partial charge in [0.25, 0.3) is 0 Å². The van der Waals surface area contributed by atoms with E-state index in [9.17, 15) is 0 Å². The highest BCUT2D eigenvalue weighted by molar-refractivity contribution is 6.05. The second-order valence-corrected chi connectivity index (χ2v) is 2.04. The van der Waals surface area contributed by atoms with Crippen molar-refractivity contribution in [3.05, 3.63) is 24.3 Å². The van der Waals surface area contributed by atoms with E-state index in [1.807, 2.05) is 0 Å². The first-order chi connectivity index (χ1) is 5.70. The molecule has 6 nitrogen and oxygen atoms in total. The van der Waals surface area contributed by atoms with Gasteiger partial charge in [-0.05, 0) is 0 Å². The first-order valence-corrected chi connectivity index (χ1v) is 3.15. The zero-order chi connectivity index (χ0) is 8.97. The first kappa shape index (κ1) is 8.12. The molecule has 1 aromatic rings. The minimum Gasteiger partial charge on any atom is -0.370 e. The molecule has 0 unspecified atom stereocenters. The molecule has 0 fully saturated rings. The van der Waals surface area contributed by atoms with E-state index in [2.05, 4.69) is 15.3 Å². The van der Waals surface area contributed by atoms with Crippen molar-refractivity contribution in [2.75, 3.05) is 0 Å². The van der Waals surface area contributed by atoms with Crippen LogP contribution in [0.4, 0.5) is 0 Å². The maximum Gasteiger partial charge on any atom is 0.191 e. The van der Waals surface area contributed by atoms with E-state index in [1.54, 1.807) is 0 Å². The summed E-state index contributed by atoms with van der Waals surface area (Å²) < 4.78 is 0. The lowest BCUT2D eigenvalue weighted by Crippen LogP contribution is -2.35. The van der Waals surface area contributed by atoms with Gasteiger partial charge in [0, 0.05) is 12.4 Å². The number of nitrogens with zero attached hydrogens (tertiary/aromatic N) is 2. The van der Waals surface area contributed by atoms with Gasteiger partial charge in [-0.3, -0.25) is 10.8 Å². The molecule has 0 amide bonds. The van der Waals surface area contributed by atoms with Crippen LogP contribution >= 0.6 is 0 Å². The molecule has 1 aromatic heterocycles. The van der Waals surface area contributed by atoms with Crippen molar-refractivity contribution in [2.24, 2.45) is 5.73 Å². The normalized spacial score (nSPS) is 9.00. The van der Waals surface area contributed by atoms with Crippen LogP contribution in [0.15, 0.2) is 18.7 Å². The fourth-order valence-electron chi connectivity index (χ4n) is 0.635. The van der Waals surface area contributed by atoms with Gasteiger partial charge in [0.2, 0.25) is 0 Å². The Morgan fingerprint density at radius 2 is 1.92 bits per heavy atom. The number of nitrogens with two attached hydrogens (primary N) is 1. The summed E-state index contributed by atoms with van der Waals surface area (Å²) in [5.74, 6) is -0.257. The molecule has 0 bridgehead atoms. The topological polar surface area (TPSA) is 112 Å². The Labute approximate surface area is 68.9 Å². The van der Waals surface area contributed by atoms with Gasteiger partial charge >= 0.3 is 0 Å². The first-order valence-electron chi connectivity index (χ1n) is 3.15. The maximum absolute atomic E-state index is 7.35. The molecule has 0 atom stereocenters. The molecule has 0 saturated heterocycles. The van der Waals surface area contributed by atoms with E-state index in [0.29, 0.717) is 5.56 Å². The molecule has 0 aromatic carbocycles. The minimum atomic E-state index is -0.274. The summed E-state index contributed by atoms with van der Waals surface area (Å²) >= 11 is 0. The summed E-state index contributed by atoms with van der Waals surface area (Å²) in [7, 11) is 0. The van der Waals surface area contributed by atoms with Crippen LogP contribution in [0, 0.1) is 10.8 Å². The van der Waals surface area contributed by atoms with Crippen molar-refractivity contribution in [3.8, 4) is 0 Å². The molecule has 0 radical (unpaired) electrons. The Balaban J connectivity index is 2.73. The summed E-state index contributed by atoms with van der Waals surface area (Å²) in [6, 6.07) is 0. The SMILES string of the molecule is N=C(N)NC(=N)c1cncnc1. The Hall–Kier alpha value is -1.98. The van der Waals surface area contributed by atoms with Gasteiger partial charge in [-0.25, -0.2) is 9.97 Å². The van der Waals surface area contributed by atoms with E-state index in [4.69, 9.17) is 16.6 Å². The van der Waals surface area contributed by atoms with Crippen LogP contribution in [-0.4, -0.2) is 21.8 Å². The van der Waals surface area contributed by atoms with Crippen LogP contribution in [0.5, 0.6) is 0 Å². The van der Waals surface area contributed by atoms with Gasteiger partial charge < -0.3 is 11.1 Å². The van der Waals surface area contributed by atoms with Crippen LogP contribution in [-0.2, 0) is 0 Å². The number of aromatic nitrogens is 2. The van der Waals surface area contributed by atoms with Crippen LogP contribution in [0.3, 0.4) is 0 Å². The molecule has 5 N–H and O–H groups in total. The predicted molar refractivity (Wildman–Crippen MR) is 43.9 cm³/mol. The highest BCUT2D eigenvalue weighted by Crippen LogP contribution is 1.90. The second-order valence-electron chi connectivity index (χ2n) is 2.04. The lowest BCUT2D eigenvalue weighted by atomic mass is 10.3. The molecule has 0 aliphatic heterocycles. The van der Waals surface area contributed by atoms with Crippen molar-refractivity contribution >= 4 is 11.8 Å². The van der Waals surface area contributed by atoms with Gasteiger partial charge in [-0.2, -0.15) is 0 Å². The highest BCUT2D eigenvalue weighted by Gasteiger charge is 2.00. The molecular formula is C6H8N6. The molecule has 0 spiro atoms. The van der Waals surface area contributed by atoms with Gasteiger partial charge in [0.15, 0.2) is 5.96 Å². The fourth-order valence-corrected chi connectivity index (χ4v) is 0.635. The number of amidine groups is 1. The third kappa shape index (κ3) is 2.01. The number of rotatable bonds is 1. The summed E-state index contributed by atoms with van der Waals surface area (Å²) in [5.41, 5.74) is 5.51. The predicted octanol–water partition coefficient (Wildman–Crippen LogP) is -0.715. The molecule has 0 saturated carbocycles.